The zero-order chi connectivity index (χ0) is 11.6. The summed E-state index contributed by atoms with van der Waals surface area (Å²) in [5, 5.41) is 9.06. The van der Waals surface area contributed by atoms with E-state index < -0.39 is 21.7 Å². The van der Waals surface area contributed by atoms with Crippen molar-refractivity contribution in [3.05, 3.63) is 12.7 Å². The Morgan fingerprint density at radius 3 is 2.53 bits per heavy atom. The van der Waals surface area contributed by atoms with Crippen LogP contribution in [-0.4, -0.2) is 31.0 Å². The molecule has 0 saturated carbocycles. The van der Waals surface area contributed by atoms with E-state index in [1.54, 1.807) is 13.0 Å². The van der Waals surface area contributed by atoms with Crippen LogP contribution in [0.1, 0.15) is 13.3 Å². The van der Waals surface area contributed by atoms with E-state index in [0.717, 1.165) is 0 Å². The molecule has 1 N–H and O–H groups in total. The van der Waals surface area contributed by atoms with Gasteiger partial charge in [0.15, 0.2) is 9.84 Å². The smallest absolute Gasteiger partial charge is 0.307 e. The molecule has 0 bridgehead atoms. The fourth-order valence-electron chi connectivity index (χ4n) is 2.11. The summed E-state index contributed by atoms with van der Waals surface area (Å²) in [6.45, 7) is 5.32. The van der Waals surface area contributed by atoms with E-state index in [4.69, 9.17) is 5.11 Å². The maximum atomic E-state index is 11.3. The van der Waals surface area contributed by atoms with Gasteiger partial charge in [-0.25, -0.2) is 8.42 Å². The highest BCUT2D eigenvalue weighted by atomic mass is 32.2. The Kier molecular flexibility index (Phi) is 3.54. The third kappa shape index (κ3) is 2.81. The monoisotopic (exact) mass is 232 g/mol. The van der Waals surface area contributed by atoms with Crippen molar-refractivity contribution in [3.63, 3.8) is 0 Å². The first kappa shape index (κ1) is 12.2. The molecule has 0 spiro atoms. The molecule has 1 aliphatic heterocycles. The summed E-state index contributed by atoms with van der Waals surface area (Å²) in [5.74, 6) is -1.89. The van der Waals surface area contributed by atoms with Crippen LogP contribution in [0.4, 0.5) is 0 Å². The second kappa shape index (κ2) is 4.35. The van der Waals surface area contributed by atoms with Crippen LogP contribution in [-0.2, 0) is 14.6 Å². The number of carboxylic acids is 1. The number of aliphatic carboxylic acids is 1. The lowest BCUT2D eigenvalue weighted by Gasteiger charge is -2.22. The minimum atomic E-state index is -3.01. The summed E-state index contributed by atoms with van der Waals surface area (Å²) < 4.78 is 22.5. The van der Waals surface area contributed by atoms with Crippen molar-refractivity contribution in [2.75, 3.05) is 11.5 Å². The third-order valence-corrected chi connectivity index (χ3v) is 4.79. The number of rotatable bonds is 4. The maximum Gasteiger partial charge on any atom is 0.307 e. The number of hydrogen-bond donors (Lipinski definition) is 1. The molecule has 1 rings (SSSR count). The molecule has 0 aromatic carbocycles. The molecule has 1 fully saturated rings. The van der Waals surface area contributed by atoms with Gasteiger partial charge in [-0.3, -0.25) is 4.79 Å². The zero-order valence-corrected chi connectivity index (χ0v) is 9.53. The third-order valence-electron chi connectivity index (χ3n) is 3.00. The van der Waals surface area contributed by atoms with E-state index >= 15 is 0 Å². The average molecular weight is 232 g/mol. The number of allylic oxidation sites excluding steroid dienone is 1. The van der Waals surface area contributed by atoms with Gasteiger partial charge in [0, 0.05) is 0 Å². The van der Waals surface area contributed by atoms with Crippen LogP contribution in [0.2, 0.25) is 0 Å². The van der Waals surface area contributed by atoms with Crippen LogP contribution in [0.15, 0.2) is 12.7 Å². The normalized spacial score (nSPS) is 28.2. The molecule has 1 heterocycles. The number of carbonyl (C=O) groups is 1. The lowest BCUT2D eigenvalue weighted by atomic mass is 9.82. The standard InChI is InChI=1S/C10H16O4S/c1-3-7(2)9(10(11)12)8-4-5-15(13,14)6-8/h3,7-9H,1,4-6H2,2H3,(H,11,12). The van der Waals surface area contributed by atoms with Gasteiger partial charge in [0.25, 0.3) is 0 Å². The molecule has 1 aliphatic rings. The van der Waals surface area contributed by atoms with Crippen LogP contribution in [0, 0.1) is 17.8 Å². The summed E-state index contributed by atoms with van der Waals surface area (Å²) in [4.78, 5) is 11.1. The highest BCUT2D eigenvalue weighted by Gasteiger charge is 2.39. The number of carboxylic acid groups (broad SMARTS) is 1. The van der Waals surface area contributed by atoms with Crippen molar-refractivity contribution in [2.24, 2.45) is 17.8 Å². The Morgan fingerprint density at radius 1 is 1.60 bits per heavy atom. The van der Waals surface area contributed by atoms with Crippen molar-refractivity contribution in [3.8, 4) is 0 Å². The lowest BCUT2D eigenvalue weighted by Crippen LogP contribution is -2.29. The van der Waals surface area contributed by atoms with Crippen LogP contribution in [0.3, 0.4) is 0 Å². The van der Waals surface area contributed by atoms with Crippen molar-refractivity contribution in [1.82, 2.24) is 0 Å². The van der Waals surface area contributed by atoms with Gasteiger partial charge in [0.05, 0.1) is 17.4 Å². The Morgan fingerprint density at radius 2 is 2.20 bits per heavy atom. The molecule has 0 aromatic rings. The molecule has 5 heteroatoms. The Bertz CT molecular complexity index is 358. The van der Waals surface area contributed by atoms with Crippen LogP contribution in [0.25, 0.3) is 0 Å². The highest BCUT2D eigenvalue weighted by molar-refractivity contribution is 7.91. The maximum absolute atomic E-state index is 11.3. The van der Waals surface area contributed by atoms with Gasteiger partial charge in [0.1, 0.15) is 0 Å². The van der Waals surface area contributed by atoms with Crippen LogP contribution >= 0.6 is 0 Å². The van der Waals surface area contributed by atoms with E-state index in [9.17, 15) is 13.2 Å². The first-order valence-electron chi connectivity index (χ1n) is 4.93. The van der Waals surface area contributed by atoms with Gasteiger partial charge in [-0.1, -0.05) is 13.0 Å². The molecular formula is C10H16O4S. The summed E-state index contributed by atoms with van der Waals surface area (Å²) in [7, 11) is -3.01. The largest absolute Gasteiger partial charge is 0.481 e. The zero-order valence-electron chi connectivity index (χ0n) is 8.72. The number of sulfone groups is 1. The molecule has 0 aromatic heterocycles. The highest BCUT2D eigenvalue weighted by Crippen LogP contribution is 2.31. The van der Waals surface area contributed by atoms with Crippen molar-refractivity contribution in [2.45, 2.75) is 13.3 Å². The molecule has 86 valence electrons. The Hall–Kier alpha value is -0.840. The van der Waals surface area contributed by atoms with Gasteiger partial charge in [-0.15, -0.1) is 6.58 Å². The van der Waals surface area contributed by atoms with E-state index in [1.165, 1.54) is 0 Å². The molecule has 4 nitrogen and oxygen atoms in total. The first-order valence-corrected chi connectivity index (χ1v) is 6.75. The van der Waals surface area contributed by atoms with Crippen LogP contribution < -0.4 is 0 Å². The fourth-order valence-corrected chi connectivity index (χ4v) is 3.96. The minimum absolute atomic E-state index is 0.00213. The van der Waals surface area contributed by atoms with Crippen molar-refractivity contribution in [1.29, 1.82) is 0 Å². The predicted molar refractivity (Wildman–Crippen MR) is 57.2 cm³/mol. The van der Waals surface area contributed by atoms with Crippen molar-refractivity contribution < 1.29 is 18.3 Å². The van der Waals surface area contributed by atoms with Gasteiger partial charge >= 0.3 is 5.97 Å². The van der Waals surface area contributed by atoms with E-state index in [-0.39, 0.29) is 23.3 Å². The van der Waals surface area contributed by atoms with Gasteiger partial charge in [0.2, 0.25) is 0 Å². The van der Waals surface area contributed by atoms with Crippen molar-refractivity contribution >= 4 is 15.8 Å². The second-order valence-electron chi connectivity index (χ2n) is 4.12. The molecule has 0 radical (unpaired) electrons. The van der Waals surface area contributed by atoms with E-state index in [0.29, 0.717) is 6.42 Å². The molecule has 3 atom stereocenters. The lowest BCUT2D eigenvalue weighted by molar-refractivity contribution is -0.144. The summed E-state index contributed by atoms with van der Waals surface area (Å²) in [6.07, 6.45) is 2.03. The molecule has 1 saturated heterocycles. The van der Waals surface area contributed by atoms with Gasteiger partial charge < -0.3 is 5.11 Å². The first-order chi connectivity index (χ1) is 6.87. The topological polar surface area (TPSA) is 71.4 Å². The molecule has 3 unspecified atom stereocenters. The second-order valence-corrected chi connectivity index (χ2v) is 6.35. The molecular weight excluding hydrogens is 216 g/mol. The van der Waals surface area contributed by atoms with Gasteiger partial charge in [-0.05, 0) is 18.3 Å². The average Bonchev–Trinajstić information content (AvgIpc) is 2.45. The van der Waals surface area contributed by atoms with Crippen LogP contribution in [0.5, 0.6) is 0 Å². The van der Waals surface area contributed by atoms with E-state index in [1.807, 2.05) is 0 Å². The Labute approximate surface area is 89.9 Å². The summed E-state index contributed by atoms with van der Waals surface area (Å²) >= 11 is 0. The quantitative estimate of drug-likeness (QED) is 0.732. The minimum Gasteiger partial charge on any atom is -0.481 e. The molecule has 0 amide bonds. The summed E-state index contributed by atoms with van der Waals surface area (Å²) in [5.41, 5.74) is 0. The molecule has 0 aliphatic carbocycles. The summed E-state index contributed by atoms with van der Waals surface area (Å²) in [6, 6.07) is 0. The predicted octanol–water partition coefficient (Wildman–Crippen LogP) is 0.944. The van der Waals surface area contributed by atoms with E-state index in [2.05, 4.69) is 6.58 Å². The Balaban J connectivity index is 2.83. The van der Waals surface area contributed by atoms with Gasteiger partial charge in [-0.2, -0.15) is 0 Å². The SMILES string of the molecule is C=CC(C)C(C(=O)O)C1CCS(=O)(=O)C1. The number of hydrogen-bond acceptors (Lipinski definition) is 3. The fraction of sp³-hybridized carbons (Fsp3) is 0.700. The molecule has 15 heavy (non-hydrogen) atoms.